The van der Waals surface area contributed by atoms with Crippen LogP contribution in [0.4, 0.5) is 11.4 Å². The van der Waals surface area contributed by atoms with E-state index in [0.717, 1.165) is 30.7 Å². The Morgan fingerprint density at radius 2 is 2.14 bits per heavy atom. The van der Waals surface area contributed by atoms with Gasteiger partial charge in [0.15, 0.2) is 0 Å². The van der Waals surface area contributed by atoms with E-state index >= 15 is 0 Å². The van der Waals surface area contributed by atoms with Crippen LogP contribution in [0, 0.1) is 5.92 Å². The highest BCUT2D eigenvalue weighted by Crippen LogP contribution is 2.33. The lowest BCUT2D eigenvalue weighted by atomic mass is 9.88. The third-order valence-electron chi connectivity index (χ3n) is 3.86. The molecule has 1 atom stereocenters. The molecule has 1 aromatic carbocycles. The second-order valence-corrected chi connectivity index (χ2v) is 6.40. The van der Waals surface area contributed by atoms with Gasteiger partial charge in [-0.05, 0) is 42.9 Å². The van der Waals surface area contributed by atoms with Crippen LogP contribution < -0.4 is 11.1 Å². The molecule has 21 heavy (non-hydrogen) atoms. The molecule has 0 saturated carbocycles. The van der Waals surface area contributed by atoms with E-state index in [1.807, 2.05) is 23.6 Å². The average Bonchev–Trinajstić information content (AvgIpc) is 2.84. The zero-order valence-electron chi connectivity index (χ0n) is 11.9. The number of carbonyl (C=O) groups excluding carboxylic acids is 1. The summed E-state index contributed by atoms with van der Waals surface area (Å²) < 4.78 is 0. The number of fused-ring (bicyclic) bond motifs is 1. The first-order valence-electron chi connectivity index (χ1n) is 6.90. The summed E-state index contributed by atoms with van der Waals surface area (Å²) in [6.07, 6.45) is 3.27. The molecular weight excluding hydrogens is 304 g/mol. The summed E-state index contributed by atoms with van der Waals surface area (Å²) in [5, 5.41) is 4.90. The van der Waals surface area contributed by atoms with Gasteiger partial charge in [-0.2, -0.15) is 0 Å². The molecule has 3 N–H and O–H groups in total. The van der Waals surface area contributed by atoms with Gasteiger partial charge in [0.2, 0.25) is 0 Å². The molecule has 3 nitrogen and oxygen atoms in total. The van der Waals surface area contributed by atoms with Crippen molar-refractivity contribution in [2.75, 3.05) is 11.1 Å². The predicted octanol–water partition coefficient (Wildman–Crippen LogP) is 4.13. The third-order valence-corrected chi connectivity index (χ3v) is 4.91. The van der Waals surface area contributed by atoms with E-state index in [4.69, 9.17) is 5.73 Å². The van der Waals surface area contributed by atoms with Crippen LogP contribution in [-0.2, 0) is 12.8 Å². The molecule has 1 unspecified atom stereocenters. The Bertz CT molecular complexity index is 653. The molecule has 112 valence electrons. The summed E-state index contributed by atoms with van der Waals surface area (Å²) in [4.78, 5) is 13.8. The minimum absolute atomic E-state index is 0. The Kier molecular flexibility index (Phi) is 4.91. The summed E-state index contributed by atoms with van der Waals surface area (Å²) in [6.45, 7) is 2.27. The van der Waals surface area contributed by atoms with Crippen LogP contribution in [0.15, 0.2) is 29.6 Å². The quantitative estimate of drug-likeness (QED) is 0.817. The molecule has 0 radical (unpaired) electrons. The summed E-state index contributed by atoms with van der Waals surface area (Å²) >= 11 is 1.71. The third kappa shape index (κ3) is 3.22. The van der Waals surface area contributed by atoms with Crippen LogP contribution in [0.2, 0.25) is 0 Å². The highest BCUT2D eigenvalue weighted by Gasteiger charge is 2.23. The van der Waals surface area contributed by atoms with Crippen molar-refractivity contribution >= 4 is 41.0 Å². The normalized spacial score (nSPS) is 16.7. The smallest absolute Gasteiger partial charge is 0.256 e. The SMILES string of the molecule is CC1CCc2c(C(=O)Nc3ccccc3N)csc2C1.Cl. The molecule has 0 spiro atoms. The summed E-state index contributed by atoms with van der Waals surface area (Å²) in [5.41, 5.74) is 9.20. The standard InChI is InChI=1S/C16H18N2OS.ClH/c1-10-6-7-11-12(9-20-15(11)8-10)16(19)18-14-5-3-2-4-13(14)17;/h2-5,9-10H,6-8,17H2,1H3,(H,18,19);1H. The number of rotatable bonds is 2. The number of anilines is 2. The molecule has 5 heteroatoms. The molecule has 1 aromatic heterocycles. The first-order valence-corrected chi connectivity index (χ1v) is 7.78. The fraction of sp³-hybridized carbons (Fsp3) is 0.312. The predicted molar refractivity (Wildman–Crippen MR) is 91.6 cm³/mol. The minimum Gasteiger partial charge on any atom is -0.397 e. The Balaban J connectivity index is 0.00000161. The van der Waals surface area contributed by atoms with Crippen molar-refractivity contribution in [3.8, 4) is 0 Å². The molecule has 1 aliphatic carbocycles. The van der Waals surface area contributed by atoms with Crippen LogP contribution in [0.1, 0.15) is 34.1 Å². The lowest BCUT2D eigenvalue weighted by Gasteiger charge is -2.19. The lowest BCUT2D eigenvalue weighted by molar-refractivity contribution is 0.102. The van der Waals surface area contributed by atoms with Gasteiger partial charge < -0.3 is 11.1 Å². The number of halogens is 1. The maximum Gasteiger partial charge on any atom is 0.256 e. The maximum atomic E-state index is 12.4. The van der Waals surface area contributed by atoms with Crippen molar-refractivity contribution in [2.24, 2.45) is 5.92 Å². The van der Waals surface area contributed by atoms with E-state index < -0.39 is 0 Å². The zero-order valence-corrected chi connectivity index (χ0v) is 13.5. The van der Waals surface area contributed by atoms with Crippen molar-refractivity contribution in [3.63, 3.8) is 0 Å². The molecule has 1 heterocycles. The first-order chi connectivity index (χ1) is 9.65. The van der Waals surface area contributed by atoms with E-state index in [-0.39, 0.29) is 18.3 Å². The largest absolute Gasteiger partial charge is 0.397 e. The molecule has 2 aromatic rings. The molecule has 1 amide bonds. The van der Waals surface area contributed by atoms with E-state index in [0.29, 0.717) is 11.4 Å². The van der Waals surface area contributed by atoms with Gasteiger partial charge in [0.1, 0.15) is 0 Å². The molecule has 0 saturated heterocycles. The monoisotopic (exact) mass is 322 g/mol. The van der Waals surface area contributed by atoms with Crippen molar-refractivity contribution in [3.05, 3.63) is 45.6 Å². The maximum absolute atomic E-state index is 12.4. The van der Waals surface area contributed by atoms with E-state index in [2.05, 4.69) is 12.2 Å². The Labute approximate surface area is 135 Å². The molecular formula is C16H19ClN2OS. The van der Waals surface area contributed by atoms with Gasteiger partial charge in [0, 0.05) is 10.3 Å². The Morgan fingerprint density at radius 1 is 1.38 bits per heavy atom. The van der Waals surface area contributed by atoms with Gasteiger partial charge in [-0.1, -0.05) is 19.1 Å². The highest BCUT2D eigenvalue weighted by molar-refractivity contribution is 7.10. The van der Waals surface area contributed by atoms with Crippen LogP contribution in [0.25, 0.3) is 0 Å². The van der Waals surface area contributed by atoms with Gasteiger partial charge in [0.25, 0.3) is 5.91 Å². The molecule has 0 bridgehead atoms. The number of amides is 1. The molecule has 3 rings (SSSR count). The number of para-hydroxylation sites is 2. The van der Waals surface area contributed by atoms with Crippen LogP contribution in [0.3, 0.4) is 0 Å². The van der Waals surface area contributed by atoms with Gasteiger partial charge in [-0.15, -0.1) is 23.7 Å². The van der Waals surface area contributed by atoms with Gasteiger partial charge in [-0.25, -0.2) is 0 Å². The molecule has 0 aliphatic heterocycles. The van der Waals surface area contributed by atoms with Gasteiger partial charge in [0.05, 0.1) is 16.9 Å². The second kappa shape index (κ2) is 6.50. The topological polar surface area (TPSA) is 55.1 Å². The van der Waals surface area contributed by atoms with E-state index in [1.165, 1.54) is 10.4 Å². The van der Waals surface area contributed by atoms with Crippen molar-refractivity contribution < 1.29 is 4.79 Å². The number of thiophene rings is 1. The van der Waals surface area contributed by atoms with Crippen molar-refractivity contribution in [1.82, 2.24) is 0 Å². The summed E-state index contributed by atoms with van der Waals surface area (Å²) in [5.74, 6) is 0.678. The Morgan fingerprint density at radius 3 is 2.90 bits per heavy atom. The van der Waals surface area contributed by atoms with Crippen LogP contribution in [-0.4, -0.2) is 5.91 Å². The first kappa shape index (κ1) is 15.9. The van der Waals surface area contributed by atoms with E-state index in [1.54, 1.807) is 17.4 Å². The fourth-order valence-electron chi connectivity index (χ4n) is 2.67. The summed E-state index contributed by atoms with van der Waals surface area (Å²) in [7, 11) is 0. The number of nitrogen functional groups attached to an aromatic ring is 1. The zero-order chi connectivity index (χ0) is 14.1. The van der Waals surface area contributed by atoms with Crippen molar-refractivity contribution in [2.45, 2.75) is 26.2 Å². The van der Waals surface area contributed by atoms with E-state index in [9.17, 15) is 4.79 Å². The van der Waals surface area contributed by atoms with Crippen LogP contribution in [0.5, 0.6) is 0 Å². The van der Waals surface area contributed by atoms with Gasteiger partial charge in [-0.3, -0.25) is 4.79 Å². The number of nitrogens with two attached hydrogens (primary N) is 1. The highest BCUT2D eigenvalue weighted by atomic mass is 35.5. The molecule has 0 fully saturated rings. The summed E-state index contributed by atoms with van der Waals surface area (Å²) in [6, 6.07) is 7.35. The minimum atomic E-state index is -0.0463. The molecule has 1 aliphatic rings. The Hall–Kier alpha value is -1.52. The number of hydrogen-bond acceptors (Lipinski definition) is 3. The van der Waals surface area contributed by atoms with Gasteiger partial charge >= 0.3 is 0 Å². The van der Waals surface area contributed by atoms with Crippen molar-refractivity contribution in [1.29, 1.82) is 0 Å². The lowest BCUT2D eigenvalue weighted by Crippen LogP contribution is -2.17. The number of benzene rings is 1. The second-order valence-electron chi connectivity index (χ2n) is 5.44. The average molecular weight is 323 g/mol. The number of carbonyl (C=O) groups is 1. The van der Waals surface area contributed by atoms with Crippen LogP contribution >= 0.6 is 23.7 Å². The number of hydrogen-bond donors (Lipinski definition) is 2. The fourth-order valence-corrected chi connectivity index (χ4v) is 3.91. The number of nitrogens with one attached hydrogen (secondary N) is 1.